The van der Waals surface area contributed by atoms with Gasteiger partial charge >= 0.3 is 0 Å². The predicted molar refractivity (Wildman–Crippen MR) is 85.4 cm³/mol. The SMILES string of the molecule is C[C@H]1CN(Cc2ncnn2-c2ccccc2)C[C@@]2(CCOC2)O1. The van der Waals surface area contributed by atoms with Gasteiger partial charge in [-0.3, -0.25) is 4.90 Å². The molecule has 2 aliphatic heterocycles. The van der Waals surface area contributed by atoms with Crippen molar-refractivity contribution in [3.05, 3.63) is 42.5 Å². The fourth-order valence-corrected chi connectivity index (χ4v) is 3.62. The molecule has 0 radical (unpaired) electrons. The Labute approximate surface area is 136 Å². The number of aromatic nitrogens is 3. The Hall–Kier alpha value is -1.76. The summed E-state index contributed by atoms with van der Waals surface area (Å²) in [5.41, 5.74) is 0.898. The van der Waals surface area contributed by atoms with Gasteiger partial charge in [-0.2, -0.15) is 5.10 Å². The molecule has 1 aromatic heterocycles. The lowest BCUT2D eigenvalue weighted by atomic mass is 9.99. The van der Waals surface area contributed by atoms with E-state index in [1.54, 1.807) is 6.33 Å². The largest absolute Gasteiger partial charge is 0.378 e. The summed E-state index contributed by atoms with van der Waals surface area (Å²) in [6, 6.07) is 10.1. The molecule has 4 rings (SSSR count). The van der Waals surface area contributed by atoms with Crippen LogP contribution in [0.25, 0.3) is 5.69 Å². The summed E-state index contributed by atoms with van der Waals surface area (Å²) in [7, 11) is 0. The van der Waals surface area contributed by atoms with Crippen LogP contribution >= 0.6 is 0 Å². The summed E-state index contributed by atoms with van der Waals surface area (Å²) in [4.78, 5) is 6.87. The number of nitrogens with zero attached hydrogens (tertiary/aromatic N) is 4. The molecule has 2 aliphatic rings. The van der Waals surface area contributed by atoms with Gasteiger partial charge in [0.1, 0.15) is 17.8 Å². The lowest BCUT2D eigenvalue weighted by molar-refractivity contribution is -0.149. The first-order valence-electron chi connectivity index (χ1n) is 8.16. The Morgan fingerprint density at radius 2 is 2.17 bits per heavy atom. The Kier molecular flexibility index (Phi) is 3.88. The van der Waals surface area contributed by atoms with Crippen molar-refractivity contribution in [2.45, 2.75) is 31.6 Å². The highest BCUT2D eigenvalue weighted by atomic mass is 16.6. The van der Waals surface area contributed by atoms with Crippen LogP contribution in [-0.4, -0.2) is 57.7 Å². The number of hydrogen-bond acceptors (Lipinski definition) is 5. The molecular formula is C17H22N4O2. The van der Waals surface area contributed by atoms with Gasteiger partial charge in [0.05, 0.1) is 24.9 Å². The van der Waals surface area contributed by atoms with E-state index in [1.165, 1.54) is 0 Å². The summed E-state index contributed by atoms with van der Waals surface area (Å²) in [5.74, 6) is 0.958. The van der Waals surface area contributed by atoms with Gasteiger partial charge in [0, 0.05) is 26.1 Å². The van der Waals surface area contributed by atoms with E-state index in [4.69, 9.17) is 9.47 Å². The van der Waals surface area contributed by atoms with Crippen molar-refractivity contribution in [2.75, 3.05) is 26.3 Å². The fraction of sp³-hybridized carbons (Fsp3) is 0.529. The summed E-state index contributed by atoms with van der Waals surface area (Å²) < 4.78 is 13.7. The first kappa shape index (κ1) is 14.8. The average Bonchev–Trinajstić information content (AvgIpc) is 3.17. The Bertz CT molecular complexity index is 652. The molecule has 2 atom stereocenters. The molecule has 1 spiro atoms. The van der Waals surface area contributed by atoms with E-state index in [0.29, 0.717) is 6.61 Å². The van der Waals surface area contributed by atoms with Gasteiger partial charge in [0.15, 0.2) is 0 Å². The first-order chi connectivity index (χ1) is 11.2. The lowest BCUT2D eigenvalue weighted by Gasteiger charge is -2.42. The molecule has 2 fully saturated rings. The van der Waals surface area contributed by atoms with Crippen LogP contribution in [0.4, 0.5) is 0 Å². The number of benzene rings is 1. The molecule has 6 nitrogen and oxygen atoms in total. The zero-order chi connectivity index (χ0) is 15.7. The maximum Gasteiger partial charge on any atom is 0.146 e. The molecule has 0 amide bonds. The van der Waals surface area contributed by atoms with E-state index < -0.39 is 0 Å². The molecule has 3 heterocycles. The molecular weight excluding hydrogens is 292 g/mol. The standard InChI is InChI=1S/C17H22N4O2/c1-14-9-20(11-17(23-14)7-8-22-12-17)10-16-18-13-19-21(16)15-5-3-2-4-6-15/h2-6,13-14H,7-12H2,1H3/t14-,17+/m0/s1. The van der Waals surface area contributed by atoms with Gasteiger partial charge in [-0.15, -0.1) is 0 Å². The van der Waals surface area contributed by atoms with Gasteiger partial charge in [0.2, 0.25) is 0 Å². The Balaban J connectivity index is 1.53. The second kappa shape index (κ2) is 6.03. The zero-order valence-corrected chi connectivity index (χ0v) is 13.4. The summed E-state index contributed by atoms with van der Waals surface area (Å²) in [6.45, 7) is 6.18. The minimum absolute atomic E-state index is 0.144. The zero-order valence-electron chi connectivity index (χ0n) is 13.4. The minimum atomic E-state index is -0.144. The van der Waals surface area contributed by atoms with Crippen LogP contribution in [0.2, 0.25) is 0 Å². The molecule has 1 aromatic carbocycles. The van der Waals surface area contributed by atoms with Crippen molar-refractivity contribution >= 4 is 0 Å². The number of ether oxygens (including phenoxy) is 2. The van der Waals surface area contributed by atoms with Crippen LogP contribution in [0.3, 0.4) is 0 Å². The first-order valence-corrected chi connectivity index (χ1v) is 8.16. The Morgan fingerprint density at radius 3 is 2.96 bits per heavy atom. The molecule has 6 heteroatoms. The van der Waals surface area contributed by atoms with Crippen molar-refractivity contribution in [1.29, 1.82) is 0 Å². The average molecular weight is 314 g/mol. The monoisotopic (exact) mass is 314 g/mol. The van der Waals surface area contributed by atoms with E-state index in [-0.39, 0.29) is 11.7 Å². The third kappa shape index (κ3) is 3.02. The molecule has 0 aliphatic carbocycles. The number of morpholine rings is 1. The van der Waals surface area contributed by atoms with E-state index in [0.717, 1.165) is 44.2 Å². The summed E-state index contributed by atoms with van der Waals surface area (Å²) in [5, 5.41) is 4.38. The molecule has 2 saturated heterocycles. The van der Waals surface area contributed by atoms with Crippen molar-refractivity contribution in [3.63, 3.8) is 0 Å². The minimum Gasteiger partial charge on any atom is -0.378 e. The molecule has 0 saturated carbocycles. The highest BCUT2D eigenvalue weighted by Crippen LogP contribution is 2.30. The number of hydrogen-bond donors (Lipinski definition) is 0. The smallest absolute Gasteiger partial charge is 0.146 e. The van der Waals surface area contributed by atoms with Crippen LogP contribution in [0.1, 0.15) is 19.2 Å². The Morgan fingerprint density at radius 1 is 1.30 bits per heavy atom. The summed E-state index contributed by atoms with van der Waals surface area (Å²) >= 11 is 0. The van der Waals surface area contributed by atoms with Gasteiger partial charge < -0.3 is 9.47 Å². The highest BCUT2D eigenvalue weighted by molar-refractivity contribution is 5.30. The number of para-hydroxylation sites is 1. The summed E-state index contributed by atoms with van der Waals surface area (Å²) in [6.07, 6.45) is 2.80. The van der Waals surface area contributed by atoms with Crippen LogP contribution in [-0.2, 0) is 16.0 Å². The van der Waals surface area contributed by atoms with Gasteiger partial charge in [0.25, 0.3) is 0 Å². The third-order valence-corrected chi connectivity index (χ3v) is 4.53. The molecule has 0 N–H and O–H groups in total. The van der Waals surface area contributed by atoms with E-state index in [2.05, 4.69) is 21.9 Å². The fourth-order valence-electron chi connectivity index (χ4n) is 3.62. The van der Waals surface area contributed by atoms with Gasteiger partial charge in [-0.05, 0) is 19.1 Å². The van der Waals surface area contributed by atoms with Crippen molar-refractivity contribution in [3.8, 4) is 5.69 Å². The quantitative estimate of drug-likeness (QED) is 0.862. The van der Waals surface area contributed by atoms with E-state index in [9.17, 15) is 0 Å². The molecule has 23 heavy (non-hydrogen) atoms. The normalized spacial score (nSPS) is 28.5. The van der Waals surface area contributed by atoms with Crippen molar-refractivity contribution < 1.29 is 9.47 Å². The second-order valence-corrected chi connectivity index (χ2v) is 6.51. The van der Waals surface area contributed by atoms with E-state index in [1.807, 2.05) is 35.0 Å². The maximum atomic E-state index is 6.19. The number of rotatable bonds is 3. The lowest BCUT2D eigenvalue weighted by Crippen LogP contribution is -2.55. The highest BCUT2D eigenvalue weighted by Gasteiger charge is 2.42. The van der Waals surface area contributed by atoms with Gasteiger partial charge in [-0.25, -0.2) is 9.67 Å². The van der Waals surface area contributed by atoms with Crippen LogP contribution < -0.4 is 0 Å². The molecule has 2 aromatic rings. The second-order valence-electron chi connectivity index (χ2n) is 6.51. The molecule has 0 unspecified atom stereocenters. The van der Waals surface area contributed by atoms with E-state index >= 15 is 0 Å². The van der Waals surface area contributed by atoms with Gasteiger partial charge in [-0.1, -0.05) is 18.2 Å². The topological polar surface area (TPSA) is 52.4 Å². The van der Waals surface area contributed by atoms with Crippen molar-refractivity contribution in [2.24, 2.45) is 0 Å². The third-order valence-electron chi connectivity index (χ3n) is 4.53. The van der Waals surface area contributed by atoms with Crippen LogP contribution in [0.5, 0.6) is 0 Å². The van der Waals surface area contributed by atoms with Crippen LogP contribution in [0, 0.1) is 0 Å². The van der Waals surface area contributed by atoms with Crippen molar-refractivity contribution in [1.82, 2.24) is 19.7 Å². The predicted octanol–water partition coefficient (Wildman–Crippen LogP) is 1.65. The molecule has 122 valence electrons. The maximum absolute atomic E-state index is 6.19. The molecule has 0 bridgehead atoms. The van der Waals surface area contributed by atoms with Crippen LogP contribution in [0.15, 0.2) is 36.7 Å².